The van der Waals surface area contributed by atoms with Crippen LogP contribution >= 0.6 is 0 Å². The summed E-state index contributed by atoms with van der Waals surface area (Å²) in [4.78, 5) is 0. The van der Waals surface area contributed by atoms with Crippen molar-refractivity contribution in [1.82, 2.24) is 0 Å². The lowest BCUT2D eigenvalue weighted by Gasteiger charge is -2.11. The molecule has 94 valence electrons. The van der Waals surface area contributed by atoms with Gasteiger partial charge in [0.15, 0.2) is 23.3 Å². The van der Waals surface area contributed by atoms with Gasteiger partial charge < -0.3 is 11.5 Å². The molecule has 0 aliphatic rings. The van der Waals surface area contributed by atoms with Gasteiger partial charge in [-0.15, -0.1) is 0 Å². The van der Waals surface area contributed by atoms with Crippen LogP contribution < -0.4 is 11.5 Å². The number of para-hydroxylation sites is 1. The van der Waals surface area contributed by atoms with Crippen molar-refractivity contribution in [2.45, 2.75) is 0 Å². The van der Waals surface area contributed by atoms with E-state index in [4.69, 9.17) is 11.5 Å². The molecule has 0 aliphatic carbocycles. The Hall–Kier alpha value is -2.24. The maximum atomic E-state index is 13.6. The predicted octanol–water partition coefficient (Wildman–Crippen LogP) is 3.07. The number of nitrogen functional groups attached to an aromatic ring is 2. The van der Waals surface area contributed by atoms with Crippen molar-refractivity contribution in [3.63, 3.8) is 0 Å². The van der Waals surface area contributed by atoms with Crippen LogP contribution in [0.25, 0.3) is 11.1 Å². The average molecular weight is 256 g/mol. The molecule has 0 aliphatic heterocycles. The molecule has 6 heteroatoms. The highest BCUT2D eigenvalue weighted by Crippen LogP contribution is 2.35. The topological polar surface area (TPSA) is 52.0 Å². The number of anilines is 2. The lowest BCUT2D eigenvalue weighted by Crippen LogP contribution is -2.03. The summed E-state index contributed by atoms with van der Waals surface area (Å²) in [6, 6.07) is 4.15. The Morgan fingerprint density at radius 1 is 0.833 bits per heavy atom. The Bertz CT molecular complexity index is 600. The van der Waals surface area contributed by atoms with E-state index in [2.05, 4.69) is 0 Å². The van der Waals surface area contributed by atoms with Gasteiger partial charge in [-0.3, -0.25) is 0 Å². The summed E-state index contributed by atoms with van der Waals surface area (Å²) in [6.07, 6.45) is 0. The first-order valence-corrected chi connectivity index (χ1v) is 4.90. The van der Waals surface area contributed by atoms with E-state index in [0.29, 0.717) is 0 Å². The summed E-state index contributed by atoms with van der Waals surface area (Å²) in [5.74, 6) is -6.01. The molecule has 0 heterocycles. The fourth-order valence-corrected chi connectivity index (χ4v) is 1.61. The van der Waals surface area contributed by atoms with E-state index in [1.54, 1.807) is 0 Å². The first-order valence-electron chi connectivity index (χ1n) is 4.90. The first kappa shape index (κ1) is 12.2. The molecule has 2 aromatic rings. The minimum absolute atomic E-state index is 0.0657. The highest BCUT2D eigenvalue weighted by molar-refractivity contribution is 5.84. The average Bonchev–Trinajstić information content (AvgIpc) is 2.32. The molecule has 0 fully saturated rings. The zero-order valence-corrected chi connectivity index (χ0v) is 8.98. The Kier molecular flexibility index (Phi) is 2.86. The van der Waals surface area contributed by atoms with E-state index in [0.717, 1.165) is 0 Å². The van der Waals surface area contributed by atoms with E-state index in [-0.39, 0.29) is 23.0 Å². The molecule has 0 unspecified atom stereocenters. The van der Waals surface area contributed by atoms with Gasteiger partial charge in [0.2, 0.25) is 0 Å². The van der Waals surface area contributed by atoms with Gasteiger partial charge in [-0.05, 0) is 6.07 Å². The molecule has 0 saturated carbocycles. The molecule has 2 nitrogen and oxygen atoms in total. The van der Waals surface area contributed by atoms with Crippen molar-refractivity contribution in [3.8, 4) is 11.1 Å². The molecule has 2 rings (SSSR count). The van der Waals surface area contributed by atoms with E-state index in [1.165, 1.54) is 18.2 Å². The molecule has 2 aromatic carbocycles. The lowest BCUT2D eigenvalue weighted by atomic mass is 10.0. The molecule has 0 atom stereocenters. The normalized spacial score (nSPS) is 10.7. The van der Waals surface area contributed by atoms with Gasteiger partial charge in [-0.2, -0.15) is 0 Å². The van der Waals surface area contributed by atoms with Crippen LogP contribution in [0.15, 0.2) is 24.3 Å². The van der Waals surface area contributed by atoms with E-state index in [1.807, 2.05) is 0 Å². The smallest absolute Gasteiger partial charge is 0.169 e. The maximum absolute atomic E-state index is 13.6. The largest absolute Gasteiger partial charge is 0.397 e. The lowest BCUT2D eigenvalue weighted by molar-refractivity contribution is 0.458. The molecule has 0 amide bonds. The van der Waals surface area contributed by atoms with Crippen molar-refractivity contribution in [1.29, 1.82) is 0 Å². The van der Waals surface area contributed by atoms with Crippen molar-refractivity contribution < 1.29 is 17.6 Å². The SMILES string of the molecule is Nc1cccc(-c2c(F)c(F)cc(F)c2F)c1N. The van der Waals surface area contributed by atoms with Crippen molar-refractivity contribution in [2.24, 2.45) is 0 Å². The monoisotopic (exact) mass is 256 g/mol. The third-order valence-electron chi connectivity index (χ3n) is 2.52. The fraction of sp³-hybridized carbons (Fsp3) is 0. The summed E-state index contributed by atoms with van der Waals surface area (Å²) in [5, 5.41) is 0. The third kappa shape index (κ3) is 1.75. The molecule has 0 spiro atoms. The molecule has 4 N–H and O–H groups in total. The number of rotatable bonds is 1. The van der Waals surface area contributed by atoms with Gasteiger partial charge in [0.05, 0.1) is 16.9 Å². The summed E-state index contributed by atoms with van der Waals surface area (Å²) in [6.45, 7) is 0. The van der Waals surface area contributed by atoms with Gasteiger partial charge >= 0.3 is 0 Å². The summed E-state index contributed by atoms with van der Waals surface area (Å²) in [5.41, 5.74) is 9.90. The summed E-state index contributed by atoms with van der Waals surface area (Å²) in [7, 11) is 0. The predicted molar refractivity (Wildman–Crippen MR) is 60.5 cm³/mol. The van der Waals surface area contributed by atoms with Crippen LogP contribution in [0.1, 0.15) is 0 Å². The van der Waals surface area contributed by atoms with Crippen LogP contribution in [0.2, 0.25) is 0 Å². The van der Waals surface area contributed by atoms with Crippen molar-refractivity contribution >= 4 is 11.4 Å². The molecule has 0 bridgehead atoms. The van der Waals surface area contributed by atoms with Gasteiger partial charge in [-0.1, -0.05) is 12.1 Å². The second-order valence-corrected chi connectivity index (χ2v) is 3.65. The minimum Gasteiger partial charge on any atom is -0.397 e. The van der Waals surface area contributed by atoms with E-state index < -0.39 is 28.8 Å². The zero-order chi connectivity index (χ0) is 13.4. The van der Waals surface area contributed by atoms with Crippen LogP contribution in [0.3, 0.4) is 0 Å². The maximum Gasteiger partial charge on any atom is 0.169 e. The highest BCUT2D eigenvalue weighted by atomic mass is 19.2. The molecule has 18 heavy (non-hydrogen) atoms. The van der Waals surface area contributed by atoms with Crippen LogP contribution in [-0.2, 0) is 0 Å². The second kappa shape index (κ2) is 4.21. The van der Waals surface area contributed by atoms with E-state index >= 15 is 0 Å². The number of hydrogen-bond acceptors (Lipinski definition) is 2. The quantitative estimate of drug-likeness (QED) is 0.468. The van der Waals surface area contributed by atoms with Crippen molar-refractivity contribution in [3.05, 3.63) is 47.5 Å². The van der Waals surface area contributed by atoms with Gasteiger partial charge in [0.1, 0.15) is 0 Å². The van der Waals surface area contributed by atoms with Gasteiger partial charge in [0, 0.05) is 11.6 Å². The molecular weight excluding hydrogens is 248 g/mol. The Morgan fingerprint density at radius 3 is 1.94 bits per heavy atom. The van der Waals surface area contributed by atoms with Gasteiger partial charge in [-0.25, -0.2) is 17.6 Å². The van der Waals surface area contributed by atoms with E-state index in [9.17, 15) is 17.6 Å². The summed E-state index contributed by atoms with van der Waals surface area (Å²) >= 11 is 0. The van der Waals surface area contributed by atoms with Crippen molar-refractivity contribution in [2.75, 3.05) is 11.5 Å². The van der Waals surface area contributed by atoms with Gasteiger partial charge in [0.25, 0.3) is 0 Å². The molecule has 0 radical (unpaired) electrons. The van der Waals surface area contributed by atoms with Crippen LogP contribution in [0.5, 0.6) is 0 Å². The number of benzene rings is 2. The summed E-state index contributed by atoms with van der Waals surface area (Å²) < 4.78 is 53.3. The Labute approximate surface area is 99.8 Å². The Balaban J connectivity index is 2.83. The fourth-order valence-electron chi connectivity index (χ4n) is 1.61. The number of halogens is 4. The first-order chi connectivity index (χ1) is 8.43. The number of hydrogen-bond donors (Lipinski definition) is 2. The van der Waals surface area contributed by atoms with Crippen LogP contribution in [0, 0.1) is 23.3 Å². The standard InChI is InChI=1S/C12H8F4N2/c13-6-4-7(14)11(16)9(10(6)15)5-2-1-3-8(17)12(5)18/h1-4H,17-18H2. The van der Waals surface area contributed by atoms with Crippen LogP contribution in [0.4, 0.5) is 28.9 Å². The Morgan fingerprint density at radius 2 is 1.39 bits per heavy atom. The third-order valence-corrected chi connectivity index (χ3v) is 2.52. The minimum atomic E-state index is -1.51. The zero-order valence-electron chi connectivity index (χ0n) is 8.98. The van der Waals surface area contributed by atoms with Crippen LogP contribution in [-0.4, -0.2) is 0 Å². The molecule has 0 saturated heterocycles. The molecular formula is C12H8F4N2. The highest BCUT2D eigenvalue weighted by Gasteiger charge is 2.22. The molecule has 0 aromatic heterocycles. The second-order valence-electron chi connectivity index (χ2n) is 3.65. The number of nitrogens with two attached hydrogens (primary N) is 2.